The highest BCUT2D eigenvalue weighted by Gasteiger charge is 2.30. The average molecular weight is 292 g/mol. The maximum Gasteiger partial charge on any atom is 0.311 e. The number of carboxylic acids is 1. The van der Waals surface area contributed by atoms with E-state index in [9.17, 15) is 9.59 Å². The summed E-state index contributed by atoms with van der Waals surface area (Å²) in [7, 11) is 0. The fraction of sp³-hybridized carbons (Fsp3) is 0.500. The molecule has 5 heteroatoms. The molecule has 1 aliphatic rings. The van der Waals surface area contributed by atoms with Crippen molar-refractivity contribution in [1.82, 2.24) is 0 Å². The van der Waals surface area contributed by atoms with Gasteiger partial charge in [-0.05, 0) is 31.2 Å². The molecule has 1 aromatic carbocycles. The molecule has 0 bridgehead atoms. The number of carboxylic acid groups (broad SMARTS) is 1. The summed E-state index contributed by atoms with van der Waals surface area (Å²) in [6.45, 7) is 0.340. The molecule has 0 aliphatic heterocycles. The van der Waals surface area contributed by atoms with E-state index in [-0.39, 0.29) is 24.6 Å². The molecule has 0 radical (unpaired) electrons. The lowest BCUT2D eigenvalue weighted by atomic mass is 9.82. The Bertz CT molecular complexity index is 463. The minimum absolute atomic E-state index is 0.0629. The van der Waals surface area contributed by atoms with Crippen molar-refractivity contribution >= 4 is 11.9 Å². The van der Waals surface area contributed by atoms with Gasteiger partial charge in [-0.1, -0.05) is 30.3 Å². The molecule has 0 amide bonds. The molecule has 0 atom stereocenters. The number of carbonyl (C=O) groups is 2. The normalized spacial score (nSPS) is 21.7. The van der Waals surface area contributed by atoms with E-state index in [1.165, 1.54) is 0 Å². The van der Waals surface area contributed by atoms with Crippen LogP contribution in [0.5, 0.6) is 0 Å². The molecule has 1 aliphatic carbocycles. The van der Waals surface area contributed by atoms with E-state index in [0.29, 0.717) is 32.3 Å². The molecule has 1 saturated carbocycles. The summed E-state index contributed by atoms with van der Waals surface area (Å²) in [5.41, 5.74) is 1.02. The van der Waals surface area contributed by atoms with Crippen molar-refractivity contribution in [2.45, 2.75) is 32.3 Å². The Morgan fingerprint density at radius 1 is 1.05 bits per heavy atom. The van der Waals surface area contributed by atoms with Crippen LogP contribution in [0.3, 0.4) is 0 Å². The topological polar surface area (TPSA) is 72.8 Å². The van der Waals surface area contributed by atoms with Crippen LogP contribution in [-0.2, 0) is 25.7 Å². The van der Waals surface area contributed by atoms with E-state index in [4.69, 9.17) is 14.6 Å². The molecule has 21 heavy (non-hydrogen) atoms. The molecule has 1 N–H and O–H groups in total. The van der Waals surface area contributed by atoms with Gasteiger partial charge in [0.1, 0.15) is 0 Å². The second-order valence-corrected chi connectivity index (χ2v) is 5.30. The summed E-state index contributed by atoms with van der Waals surface area (Å²) in [5.74, 6) is -1.57. The van der Waals surface area contributed by atoms with Gasteiger partial charge in [-0.15, -0.1) is 0 Å². The van der Waals surface area contributed by atoms with Gasteiger partial charge < -0.3 is 14.6 Å². The van der Waals surface area contributed by atoms with Crippen molar-refractivity contribution in [3.05, 3.63) is 35.9 Å². The molecule has 2 rings (SSSR count). The molecule has 1 aromatic rings. The SMILES string of the molecule is O=C(O)C1CCC(C(=O)OCOCc2ccccc2)CC1. The second kappa shape index (κ2) is 7.78. The van der Waals surface area contributed by atoms with E-state index in [1.807, 2.05) is 30.3 Å². The van der Waals surface area contributed by atoms with Crippen molar-refractivity contribution in [2.24, 2.45) is 11.8 Å². The summed E-state index contributed by atoms with van der Waals surface area (Å²) in [6.07, 6.45) is 2.24. The van der Waals surface area contributed by atoms with E-state index in [0.717, 1.165) is 5.56 Å². The van der Waals surface area contributed by atoms with Crippen LogP contribution in [0.4, 0.5) is 0 Å². The zero-order valence-electron chi connectivity index (χ0n) is 11.9. The highest BCUT2D eigenvalue weighted by molar-refractivity contribution is 5.74. The van der Waals surface area contributed by atoms with Gasteiger partial charge in [-0.25, -0.2) is 0 Å². The molecule has 0 aromatic heterocycles. The standard InChI is InChI=1S/C16H20O5/c17-15(18)13-6-8-14(9-7-13)16(19)21-11-20-10-12-4-2-1-3-5-12/h1-5,13-14H,6-11H2,(H,17,18). The monoisotopic (exact) mass is 292 g/mol. The van der Waals surface area contributed by atoms with Crippen molar-refractivity contribution in [2.75, 3.05) is 6.79 Å². The van der Waals surface area contributed by atoms with Gasteiger partial charge in [-0.2, -0.15) is 0 Å². The molecular weight excluding hydrogens is 272 g/mol. The Balaban J connectivity index is 1.63. The quantitative estimate of drug-likeness (QED) is 0.495. The number of rotatable bonds is 6. The Morgan fingerprint density at radius 2 is 1.67 bits per heavy atom. The van der Waals surface area contributed by atoms with Crippen molar-refractivity contribution < 1.29 is 24.2 Å². The van der Waals surface area contributed by atoms with Crippen LogP contribution in [0.1, 0.15) is 31.2 Å². The fourth-order valence-electron chi connectivity index (χ4n) is 2.53. The van der Waals surface area contributed by atoms with Crippen LogP contribution in [0, 0.1) is 11.8 Å². The molecule has 1 fully saturated rings. The van der Waals surface area contributed by atoms with Crippen molar-refractivity contribution in [3.8, 4) is 0 Å². The van der Waals surface area contributed by atoms with Crippen molar-refractivity contribution in [1.29, 1.82) is 0 Å². The number of aliphatic carboxylic acids is 1. The first kappa shape index (κ1) is 15.5. The van der Waals surface area contributed by atoms with E-state index >= 15 is 0 Å². The van der Waals surface area contributed by atoms with Gasteiger partial charge in [0.05, 0.1) is 18.4 Å². The minimum atomic E-state index is -0.770. The Morgan fingerprint density at radius 3 is 2.29 bits per heavy atom. The molecule has 0 heterocycles. The number of carbonyl (C=O) groups excluding carboxylic acids is 1. The third-order valence-electron chi connectivity index (χ3n) is 3.81. The number of benzene rings is 1. The smallest absolute Gasteiger partial charge is 0.311 e. The van der Waals surface area contributed by atoms with Crippen LogP contribution in [0.2, 0.25) is 0 Å². The van der Waals surface area contributed by atoms with Gasteiger partial charge in [0, 0.05) is 0 Å². The van der Waals surface area contributed by atoms with Gasteiger partial charge >= 0.3 is 11.9 Å². The third kappa shape index (κ3) is 4.86. The van der Waals surface area contributed by atoms with Crippen LogP contribution < -0.4 is 0 Å². The van der Waals surface area contributed by atoms with Crippen molar-refractivity contribution in [3.63, 3.8) is 0 Å². The molecule has 0 saturated heterocycles. The molecule has 114 valence electrons. The summed E-state index contributed by atoms with van der Waals surface area (Å²) in [4.78, 5) is 22.7. The summed E-state index contributed by atoms with van der Waals surface area (Å²) in [6, 6.07) is 9.65. The largest absolute Gasteiger partial charge is 0.481 e. The van der Waals surface area contributed by atoms with Gasteiger partial charge in [0.25, 0.3) is 0 Å². The number of esters is 1. The fourth-order valence-corrected chi connectivity index (χ4v) is 2.53. The van der Waals surface area contributed by atoms with E-state index in [2.05, 4.69) is 0 Å². The van der Waals surface area contributed by atoms with Crippen LogP contribution >= 0.6 is 0 Å². The van der Waals surface area contributed by atoms with Gasteiger partial charge in [-0.3, -0.25) is 9.59 Å². The lowest BCUT2D eigenvalue weighted by Gasteiger charge is -2.24. The first-order valence-electron chi connectivity index (χ1n) is 7.18. The summed E-state index contributed by atoms with van der Waals surface area (Å²) >= 11 is 0. The molecule has 0 spiro atoms. The maximum atomic E-state index is 11.8. The molecule has 5 nitrogen and oxygen atoms in total. The Labute approximate surface area is 123 Å². The Kier molecular flexibility index (Phi) is 5.75. The first-order valence-corrected chi connectivity index (χ1v) is 7.18. The Hall–Kier alpha value is -1.88. The van der Waals surface area contributed by atoms with Gasteiger partial charge in [0.15, 0.2) is 6.79 Å². The first-order chi connectivity index (χ1) is 10.2. The highest BCUT2D eigenvalue weighted by atomic mass is 16.7. The number of hydrogen-bond acceptors (Lipinski definition) is 4. The number of hydrogen-bond donors (Lipinski definition) is 1. The van der Waals surface area contributed by atoms with Crippen LogP contribution in [-0.4, -0.2) is 23.8 Å². The lowest BCUT2D eigenvalue weighted by Crippen LogP contribution is -2.27. The summed E-state index contributed by atoms with van der Waals surface area (Å²) in [5, 5.41) is 8.91. The lowest BCUT2D eigenvalue weighted by molar-refractivity contribution is -0.164. The third-order valence-corrected chi connectivity index (χ3v) is 3.81. The highest BCUT2D eigenvalue weighted by Crippen LogP contribution is 2.29. The maximum absolute atomic E-state index is 11.8. The summed E-state index contributed by atoms with van der Waals surface area (Å²) < 4.78 is 10.4. The zero-order valence-corrected chi connectivity index (χ0v) is 11.9. The van der Waals surface area contributed by atoms with E-state index in [1.54, 1.807) is 0 Å². The predicted octanol–water partition coefficient (Wildman–Crippen LogP) is 2.59. The second-order valence-electron chi connectivity index (χ2n) is 5.30. The molecule has 0 unspecified atom stereocenters. The zero-order chi connectivity index (χ0) is 15.1. The van der Waals surface area contributed by atoms with Gasteiger partial charge in [0.2, 0.25) is 0 Å². The molecular formula is C16H20O5. The van der Waals surface area contributed by atoms with E-state index < -0.39 is 5.97 Å². The number of ether oxygens (including phenoxy) is 2. The average Bonchev–Trinajstić information content (AvgIpc) is 2.52. The van der Waals surface area contributed by atoms with Crippen LogP contribution in [0.15, 0.2) is 30.3 Å². The predicted molar refractivity (Wildman–Crippen MR) is 75.3 cm³/mol. The van der Waals surface area contributed by atoms with Crippen LogP contribution in [0.25, 0.3) is 0 Å². The minimum Gasteiger partial charge on any atom is -0.481 e.